The maximum Gasteiger partial charge on any atom is 0.408 e. The quantitative estimate of drug-likeness (QED) is 0.531. The second kappa shape index (κ2) is 9.76. The number of alkyl carbamates (subject to hydrolysis) is 1. The van der Waals surface area contributed by atoms with Crippen LogP contribution in [0.4, 0.5) is 4.79 Å². The highest BCUT2D eigenvalue weighted by atomic mass is 16.6. The summed E-state index contributed by atoms with van der Waals surface area (Å²) >= 11 is 0. The van der Waals surface area contributed by atoms with Gasteiger partial charge in [0.2, 0.25) is 5.78 Å². The van der Waals surface area contributed by atoms with Crippen LogP contribution >= 0.6 is 0 Å². The highest BCUT2D eigenvalue weighted by molar-refractivity contribution is 6.00. The Bertz CT molecular complexity index is 942. The molecule has 1 N–H and O–H groups in total. The standard InChI is InChI=1S/C23H31N3O5/c1-14(2)17(25-22(29)31-23(4,5)6)19(27)20-24-18(21(28)30-7)15(3)26(20)13-16-11-9-8-10-12-16/h8-12,14,17H,13H2,1-7H3,(H,25,29)/t17-/m0/s1. The van der Waals surface area contributed by atoms with Crippen LogP contribution in [0.5, 0.6) is 0 Å². The summed E-state index contributed by atoms with van der Waals surface area (Å²) in [5, 5.41) is 2.65. The van der Waals surface area contributed by atoms with Gasteiger partial charge < -0.3 is 19.4 Å². The molecule has 1 atom stereocenters. The average molecular weight is 430 g/mol. The third kappa shape index (κ3) is 6.16. The summed E-state index contributed by atoms with van der Waals surface area (Å²) in [6, 6.07) is 8.65. The SMILES string of the molecule is COC(=O)c1nc(C(=O)[C@@H](NC(=O)OC(C)(C)C)C(C)C)n(Cc2ccccc2)c1C. The molecule has 1 aromatic heterocycles. The highest BCUT2D eigenvalue weighted by Gasteiger charge is 2.33. The number of amides is 1. The molecule has 0 saturated carbocycles. The first-order valence-corrected chi connectivity index (χ1v) is 10.2. The van der Waals surface area contributed by atoms with E-state index in [1.165, 1.54) is 7.11 Å². The van der Waals surface area contributed by atoms with Crippen LogP contribution in [0.15, 0.2) is 30.3 Å². The van der Waals surface area contributed by atoms with E-state index in [0.717, 1.165) is 5.56 Å². The number of esters is 1. The summed E-state index contributed by atoms with van der Waals surface area (Å²) in [5.74, 6) is -1.19. The number of aromatic nitrogens is 2. The minimum Gasteiger partial charge on any atom is -0.464 e. The average Bonchev–Trinajstić information content (AvgIpc) is 3.00. The zero-order valence-corrected chi connectivity index (χ0v) is 19.2. The number of hydrogen-bond donors (Lipinski definition) is 1. The second-order valence-corrected chi connectivity index (χ2v) is 8.66. The van der Waals surface area contributed by atoms with E-state index < -0.39 is 29.5 Å². The molecule has 0 fully saturated rings. The van der Waals surface area contributed by atoms with E-state index in [-0.39, 0.29) is 17.4 Å². The Balaban J connectivity index is 2.46. The number of imidazole rings is 1. The summed E-state index contributed by atoms with van der Waals surface area (Å²) in [4.78, 5) is 42.3. The van der Waals surface area contributed by atoms with Crippen molar-refractivity contribution >= 4 is 17.8 Å². The number of ether oxygens (including phenoxy) is 2. The number of ketones is 1. The summed E-state index contributed by atoms with van der Waals surface area (Å²) < 4.78 is 11.8. The first kappa shape index (κ1) is 24.1. The molecule has 0 saturated heterocycles. The van der Waals surface area contributed by atoms with Gasteiger partial charge in [-0.25, -0.2) is 14.6 Å². The normalized spacial score (nSPS) is 12.4. The first-order valence-electron chi connectivity index (χ1n) is 10.2. The lowest BCUT2D eigenvalue weighted by atomic mass is 9.99. The van der Waals surface area contributed by atoms with Crippen molar-refractivity contribution in [3.05, 3.63) is 53.1 Å². The molecule has 2 aromatic rings. The van der Waals surface area contributed by atoms with E-state index >= 15 is 0 Å². The van der Waals surface area contributed by atoms with Crippen molar-refractivity contribution in [2.24, 2.45) is 5.92 Å². The van der Waals surface area contributed by atoms with E-state index in [4.69, 9.17) is 9.47 Å². The first-order chi connectivity index (χ1) is 14.4. The molecular weight excluding hydrogens is 398 g/mol. The van der Waals surface area contributed by atoms with Crippen molar-refractivity contribution in [2.75, 3.05) is 7.11 Å². The van der Waals surface area contributed by atoms with Gasteiger partial charge in [0, 0.05) is 6.54 Å². The smallest absolute Gasteiger partial charge is 0.408 e. The van der Waals surface area contributed by atoms with Crippen molar-refractivity contribution < 1.29 is 23.9 Å². The minimum absolute atomic E-state index is 0.0709. The summed E-state index contributed by atoms with van der Waals surface area (Å²) in [6.45, 7) is 10.9. The number of carbonyl (C=O) groups is 3. The number of nitrogens with zero attached hydrogens (tertiary/aromatic N) is 2. The Kier molecular flexibility index (Phi) is 7.60. The third-order valence-electron chi connectivity index (χ3n) is 4.62. The molecule has 1 heterocycles. The van der Waals surface area contributed by atoms with Gasteiger partial charge >= 0.3 is 12.1 Å². The van der Waals surface area contributed by atoms with Crippen molar-refractivity contribution in [1.82, 2.24) is 14.9 Å². The van der Waals surface area contributed by atoms with Crippen LogP contribution in [-0.2, 0) is 16.0 Å². The third-order valence-corrected chi connectivity index (χ3v) is 4.62. The predicted octanol–water partition coefficient (Wildman–Crippen LogP) is 3.76. The van der Waals surface area contributed by atoms with E-state index in [0.29, 0.717) is 12.2 Å². The molecule has 168 valence electrons. The fraction of sp³-hybridized carbons (Fsp3) is 0.478. The molecule has 0 unspecified atom stereocenters. The van der Waals surface area contributed by atoms with Gasteiger partial charge in [-0.05, 0) is 39.2 Å². The van der Waals surface area contributed by atoms with Crippen molar-refractivity contribution in [3.8, 4) is 0 Å². The largest absolute Gasteiger partial charge is 0.464 e. The van der Waals surface area contributed by atoms with Crippen LogP contribution in [0.3, 0.4) is 0 Å². The van der Waals surface area contributed by atoms with Crippen molar-refractivity contribution in [1.29, 1.82) is 0 Å². The zero-order valence-electron chi connectivity index (χ0n) is 19.2. The van der Waals surface area contributed by atoms with Crippen molar-refractivity contribution in [2.45, 2.75) is 59.7 Å². The summed E-state index contributed by atoms with van der Waals surface area (Å²) in [5.41, 5.74) is 0.824. The molecule has 0 aliphatic heterocycles. The van der Waals surface area contributed by atoms with E-state index in [9.17, 15) is 14.4 Å². The topological polar surface area (TPSA) is 99.5 Å². The van der Waals surface area contributed by atoms with Gasteiger partial charge in [-0.2, -0.15) is 0 Å². The molecule has 0 spiro atoms. The van der Waals surface area contributed by atoms with Gasteiger partial charge in [0.15, 0.2) is 11.5 Å². The lowest BCUT2D eigenvalue weighted by Gasteiger charge is -2.25. The van der Waals surface area contributed by atoms with Crippen LogP contribution in [0.2, 0.25) is 0 Å². The fourth-order valence-corrected chi connectivity index (χ4v) is 3.08. The Morgan fingerprint density at radius 3 is 2.26 bits per heavy atom. The van der Waals surface area contributed by atoms with Crippen LogP contribution in [0.1, 0.15) is 67.0 Å². The van der Waals surface area contributed by atoms with E-state index in [2.05, 4.69) is 10.3 Å². The molecule has 1 amide bonds. The number of Topliss-reactive ketones (excluding diaryl/α,β-unsaturated/α-hetero) is 1. The Morgan fingerprint density at radius 2 is 1.74 bits per heavy atom. The van der Waals surface area contributed by atoms with Gasteiger partial charge in [-0.3, -0.25) is 4.79 Å². The molecule has 8 heteroatoms. The molecule has 8 nitrogen and oxygen atoms in total. The molecule has 0 radical (unpaired) electrons. The fourth-order valence-electron chi connectivity index (χ4n) is 3.08. The Hall–Kier alpha value is -3.16. The second-order valence-electron chi connectivity index (χ2n) is 8.66. The lowest BCUT2D eigenvalue weighted by molar-refractivity contribution is 0.0473. The summed E-state index contributed by atoms with van der Waals surface area (Å²) in [7, 11) is 1.26. The highest BCUT2D eigenvalue weighted by Crippen LogP contribution is 2.19. The minimum atomic E-state index is -0.878. The molecule has 2 rings (SSSR count). The molecule has 0 aliphatic carbocycles. The van der Waals surface area contributed by atoms with E-state index in [1.807, 2.05) is 44.2 Å². The number of nitrogens with one attached hydrogen (secondary N) is 1. The predicted molar refractivity (Wildman–Crippen MR) is 116 cm³/mol. The molecule has 0 bridgehead atoms. The van der Waals surface area contributed by atoms with E-state index in [1.54, 1.807) is 32.3 Å². The van der Waals surface area contributed by atoms with Crippen LogP contribution in [0.25, 0.3) is 0 Å². The molecule has 0 aliphatic rings. The zero-order chi connectivity index (χ0) is 23.3. The molecule has 31 heavy (non-hydrogen) atoms. The van der Waals surface area contributed by atoms with Crippen LogP contribution in [-0.4, -0.2) is 46.1 Å². The van der Waals surface area contributed by atoms with Crippen molar-refractivity contribution in [3.63, 3.8) is 0 Å². The van der Waals surface area contributed by atoms with Gasteiger partial charge in [0.1, 0.15) is 11.6 Å². The van der Waals surface area contributed by atoms with Crippen LogP contribution in [0, 0.1) is 12.8 Å². The van der Waals surface area contributed by atoms with Gasteiger partial charge in [0.25, 0.3) is 0 Å². The molecular formula is C23H31N3O5. The van der Waals surface area contributed by atoms with Gasteiger partial charge in [-0.15, -0.1) is 0 Å². The maximum atomic E-state index is 13.5. The summed E-state index contributed by atoms with van der Waals surface area (Å²) in [6.07, 6.45) is -0.689. The lowest BCUT2D eigenvalue weighted by Crippen LogP contribution is -2.47. The Labute approximate surface area is 182 Å². The van der Waals surface area contributed by atoms with Gasteiger partial charge in [-0.1, -0.05) is 44.2 Å². The number of methoxy groups -OCH3 is 1. The maximum absolute atomic E-state index is 13.5. The monoisotopic (exact) mass is 429 g/mol. The number of benzene rings is 1. The Morgan fingerprint density at radius 1 is 1.13 bits per heavy atom. The number of carbonyl (C=O) groups excluding carboxylic acids is 3. The molecule has 1 aromatic carbocycles. The number of hydrogen-bond acceptors (Lipinski definition) is 6. The van der Waals surface area contributed by atoms with Crippen LogP contribution < -0.4 is 5.32 Å². The number of rotatable bonds is 7. The van der Waals surface area contributed by atoms with Gasteiger partial charge in [0.05, 0.1) is 12.8 Å².